The van der Waals surface area contributed by atoms with Crippen molar-refractivity contribution < 1.29 is 19.7 Å². The number of rotatable bonds is 5. The molecule has 0 aliphatic carbocycles. The highest BCUT2D eigenvalue weighted by molar-refractivity contribution is 5.52. The van der Waals surface area contributed by atoms with Gasteiger partial charge in [-0.3, -0.25) is 4.90 Å². The van der Waals surface area contributed by atoms with E-state index in [0.29, 0.717) is 12.2 Å². The van der Waals surface area contributed by atoms with Crippen LogP contribution in [0.2, 0.25) is 0 Å². The van der Waals surface area contributed by atoms with Crippen LogP contribution in [-0.2, 0) is 12.0 Å². The molecule has 2 N–H and O–H groups in total. The first-order valence-corrected chi connectivity index (χ1v) is 8.39. The fourth-order valence-electron chi connectivity index (χ4n) is 4.26. The monoisotopic (exact) mass is 321 g/mol. The molecule has 5 heteroatoms. The fourth-order valence-corrected chi connectivity index (χ4v) is 4.26. The highest BCUT2D eigenvalue weighted by Gasteiger charge is 2.51. The van der Waals surface area contributed by atoms with Gasteiger partial charge in [-0.05, 0) is 55.9 Å². The Hall–Kier alpha value is -1.30. The third-order valence-corrected chi connectivity index (χ3v) is 5.46. The molecule has 1 unspecified atom stereocenters. The van der Waals surface area contributed by atoms with Crippen LogP contribution in [0, 0.1) is 0 Å². The fraction of sp³-hybridized carbons (Fsp3) is 0.667. The summed E-state index contributed by atoms with van der Waals surface area (Å²) >= 11 is 0. The maximum absolute atomic E-state index is 10.8. The van der Waals surface area contributed by atoms with Crippen LogP contribution in [0.15, 0.2) is 12.1 Å². The summed E-state index contributed by atoms with van der Waals surface area (Å²) < 4.78 is 10.9. The Morgan fingerprint density at radius 1 is 1.26 bits per heavy atom. The Morgan fingerprint density at radius 2 is 1.96 bits per heavy atom. The number of fused-ring (bicyclic) bond motifs is 3. The average molecular weight is 321 g/mol. The van der Waals surface area contributed by atoms with Gasteiger partial charge in [0.25, 0.3) is 0 Å². The van der Waals surface area contributed by atoms with E-state index < -0.39 is 11.6 Å². The second-order valence-corrected chi connectivity index (χ2v) is 6.72. The van der Waals surface area contributed by atoms with Gasteiger partial charge in [-0.1, -0.05) is 0 Å². The smallest absolute Gasteiger partial charge is 0.161 e. The number of ether oxygens (including phenoxy) is 2. The molecule has 0 saturated carbocycles. The van der Waals surface area contributed by atoms with Crippen LogP contribution in [0.25, 0.3) is 0 Å². The van der Waals surface area contributed by atoms with E-state index in [1.54, 1.807) is 21.1 Å². The number of hydrogen-bond donors (Lipinski definition) is 2. The zero-order valence-electron chi connectivity index (χ0n) is 14.2. The molecular formula is C18H27NO4. The number of aliphatic hydroxyl groups is 2. The van der Waals surface area contributed by atoms with Crippen molar-refractivity contribution >= 4 is 0 Å². The SMILES string of the molecule is COc1cc2c(cc1OC)[C@]1(CCC(C)O)[C@@H](O)CCN1CC2. The van der Waals surface area contributed by atoms with Gasteiger partial charge in [0.15, 0.2) is 11.5 Å². The molecule has 0 radical (unpaired) electrons. The third-order valence-electron chi connectivity index (χ3n) is 5.46. The third kappa shape index (κ3) is 2.61. The van der Waals surface area contributed by atoms with Crippen LogP contribution in [0.1, 0.15) is 37.3 Å². The number of nitrogens with zero attached hydrogens (tertiary/aromatic N) is 1. The second-order valence-electron chi connectivity index (χ2n) is 6.72. The van der Waals surface area contributed by atoms with Crippen LogP contribution in [0.3, 0.4) is 0 Å². The van der Waals surface area contributed by atoms with Crippen molar-refractivity contribution in [1.29, 1.82) is 0 Å². The summed E-state index contributed by atoms with van der Waals surface area (Å²) in [5.41, 5.74) is 1.93. The van der Waals surface area contributed by atoms with Crippen molar-refractivity contribution in [2.75, 3.05) is 27.3 Å². The number of methoxy groups -OCH3 is 2. The lowest BCUT2D eigenvalue weighted by atomic mass is 9.75. The molecule has 3 atom stereocenters. The Bertz CT molecular complexity index is 574. The minimum atomic E-state index is -0.418. The normalized spacial score (nSPS) is 28.1. The van der Waals surface area contributed by atoms with Crippen LogP contribution in [-0.4, -0.2) is 54.6 Å². The van der Waals surface area contributed by atoms with Gasteiger partial charge >= 0.3 is 0 Å². The first kappa shape index (κ1) is 16.6. The molecule has 3 rings (SSSR count). The van der Waals surface area contributed by atoms with Gasteiger partial charge in [-0.15, -0.1) is 0 Å². The van der Waals surface area contributed by atoms with Crippen LogP contribution < -0.4 is 9.47 Å². The highest BCUT2D eigenvalue weighted by Crippen LogP contribution is 2.49. The maximum atomic E-state index is 10.8. The summed E-state index contributed by atoms with van der Waals surface area (Å²) in [5, 5.41) is 20.6. The van der Waals surface area contributed by atoms with E-state index in [-0.39, 0.29) is 6.10 Å². The molecule has 23 heavy (non-hydrogen) atoms. The van der Waals surface area contributed by atoms with Crippen molar-refractivity contribution in [3.8, 4) is 11.5 Å². The van der Waals surface area contributed by atoms with Gasteiger partial charge in [-0.2, -0.15) is 0 Å². The maximum Gasteiger partial charge on any atom is 0.161 e. The summed E-state index contributed by atoms with van der Waals surface area (Å²) in [4.78, 5) is 2.38. The molecule has 1 saturated heterocycles. The molecule has 1 aromatic carbocycles. The standard InChI is InChI=1S/C18H27NO4/c1-12(20)4-7-18-14-11-16(23-3)15(22-2)10-13(14)5-8-19(18)9-6-17(18)21/h10-12,17,20-21H,4-9H2,1-3H3/t12?,17-,18+/m0/s1. The molecule has 1 aromatic rings. The lowest BCUT2D eigenvalue weighted by Crippen LogP contribution is -2.52. The zero-order valence-corrected chi connectivity index (χ0v) is 14.2. The van der Waals surface area contributed by atoms with Crippen LogP contribution in [0.4, 0.5) is 0 Å². The molecule has 0 amide bonds. The molecule has 0 spiro atoms. The lowest BCUT2D eigenvalue weighted by molar-refractivity contribution is 0.000206. The van der Waals surface area contributed by atoms with Crippen molar-refractivity contribution in [3.63, 3.8) is 0 Å². The Kier molecular flexibility index (Phi) is 4.54. The van der Waals surface area contributed by atoms with E-state index in [4.69, 9.17) is 9.47 Å². The van der Waals surface area contributed by atoms with Crippen molar-refractivity contribution in [2.45, 2.75) is 50.4 Å². The highest BCUT2D eigenvalue weighted by atomic mass is 16.5. The van der Waals surface area contributed by atoms with Gasteiger partial charge < -0.3 is 19.7 Å². The van der Waals surface area contributed by atoms with Gasteiger partial charge in [0.2, 0.25) is 0 Å². The topological polar surface area (TPSA) is 62.2 Å². The van der Waals surface area contributed by atoms with Crippen molar-refractivity contribution in [2.24, 2.45) is 0 Å². The first-order valence-electron chi connectivity index (χ1n) is 8.39. The molecule has 2 aliphatic heterocycles. The van der Waals surface area contributed by atoms with E-state index in [0.717, 1.165) is 43.7 Å². The summed E-state index contributed by atoms with van der Waals surface area (Å²) in [6.45, 7) is 3.63. The second kappa shape index (κ2) is 6.30. The molecule has 128 valence electrons. The Labute approximate surface area is 137 Å². The molecule has 0 aromatic heterocycles. The van der Waals surface area contributed by atoms with E-state index >= 15 is 0 Å². The first-order chi connectivity index (χ1) is 11.0. The Balaban J connectivity index is 2.10. The molecule has 0 bridgehead atoms. The predicted molar refractivity (Wildman–Crippen MR) is 88.0 cm³/mol. The minimum absolute atomic E-state index is 0.371. The van der Waals surface area contributed by atoms with Gasteiger partial charge in [0.1, 0.15) is 0 Å². The lowest BCUT2D eigenvalue weighted by Gasteiger charge is -2.46. The Morgan fingerprint density at radius 3 is 2.61 bits per heavy atom. The van der Waals surface area contributed by atoms with Crippen LogP contribution in [0.5, 0.6) is 11.5 Å². The molecule has 2 aliphatic rings. The van der Waals surface area contributed by atoms with Gasteiger partial charge in [0.05, 0.1) is 32.0 Å². The molecule has 1 fully saturated rings. The van der Waals surface area contributed by atoms with Gasteiger partial charge in [-0.25, -0.2) is 0 Å². The summed E-state index contributed by atoms with van der Waals surface area (Å²) in [7, 11) is 3.28. The molecular weight excluding hydrogens is 294 g/mol. The average Bonchev–Trinajstić information content (AvgIpc) is 2.89. The summed E-state index contributed by atoms with van der Waals surface area (Å²) in [6, 6.07) is 4.07. The summed E-state index contributed by atoms with van der Waals surface area (Å²) in [6.07, 6.45) is 2.34. The molecule has 5 nitrogen and oxygen atoms in total. The van der Waals surface area contributed by atoms with E-state index in [9.17, 15) is 10.2 Å². The number of hydrogen-bond acceptors (Lipinski definition) is 5. The minimum Gasteiger partial charge on any atom is -0.493 e. The molecule has 2 heterocycles. The largest absolute Gasteiger partial charge is 0.493 e. The number of benzene rings is 1. The number of aliphatic hydroxyl groups excluding tert-OH is 2. The van der Waals surface area contributed by atoms with Crippen LogP contribution >= 0.6 is 0 Å². The van der Waals surface area contributed by atoms with Crippen molar-refractivity contribution in [1.82, 2.24) is 4.90 Å². The van der Waals surface area contributed by atoms with E-state index in [1.807, 2.05) is 12.1 Å². The predicted octanol–water partition coefficient (Wildman–Crippen LogP) is 1.68. The summed E-state index contributed by atoms with van der Waals surface area (Å²) in [5.74, 6) is 1.43. The van der Waals surface area contributed by atoms with Crippen molar-refractivity contribution in [3.05, 3.63) is 23.3 Å². The van der Waals surface area contributed by atoms with Gasteiger partial charge in [0, 0.05) is 13.1 Å². The van der Waals surface area contributed by atoms with E-state index in [2.05, 4.69) is 4.90 Å². The van der Waals surface area contributed by atoms with E-state index in [1.165, 1.54) is 5.56 Å². The zero-order chi connectivity index (χ0) is 16.6. The quantitative estimate of drug-likeness (QED) is 0.864.